The lowest BCUT2D eigenvalue weighted by molar-refractivity contribution is -0.140. The van der Waals surface area contributed by atoms with Crippen LogP contribution in [0.25, 0.3) is 0 Å². The Balaban J connectivity index is 3.43. The molecule has 0 heterocycles. The van der Waals surface area contributed by atoms with Gasteiger partial charge in [-0.1, -0.05) is 46.7 Å². The van der Waals surface area contributed by atoms with E-state index in [4.69, 9.17) is 24.8 Å². The summed E-state index contributed by atoms with van der Waals surface area (Å²) in [4.78, 5) is 15.8. The molecular weight excluding hydrogens is 360 g/mol. The summed E-state index contributed by atoms with van der Waals surface area (Å²) in [7, 11) is 1.63. The third-order valence-corrected chi connectivity index (χ3v) is 3.99. The maximum atomic E-state index is 11.1. The Kier molecular flexibility index (Phi) is 8.45. The SMILES string of the molecule is COCCOCOc1c(C(C)(C)C)cc(/C(N)=N\OC(C)=O)cc1C(C)(C)C. The van der Waals surface area contributed by atoms with Crippen LogP contribution >= 0.6 is 0 Å². The number of nitrogens with zero attached hydrogens (tertiary/aromatic N) is 1. The molecule has 0 aromatic heterocycles. The van der Waals surface area contributed by atoms with Crippen molar-refractivity contribution in [3.63, 3.8) is 0 Å². The average molecular weight is 395 g/mol. The van der Waals surface area contributed by atoms with E-state index in [-0.39, 0.29) is 23.5 Å². The summed E-state index contributed by atoms with van der Waals surface area (Å²) < 4.78 is 16.5. The summed E-state index contributed by atoms with van der Waals surface area (Å²) in [5.74, 6) is 0.374. The number of rotatable bonds is 8. The molecule has 0 aliphatic rings. The Morgan fingerprint density at radius 1 is 1.04 bits per heavy atom. The van der Waals surface area contributed by atoms with Gasteiger partial charge in [0, 0.05) is 30.7 Å². The molecular formula is C21H34N2O5. The predicted molar refractivity (Wildman–Crippen MR) is 110 cm³/mol. The third kappa shape index (κ3) is 7.13. The lowest BCUT2D eigenvalue weighted by Crippen LogP contribution is -2.24. The highest BCUT2D eigenvalue weighted by atomic mass is 16.7. The lowest BCUT2D eigenvalue weighted by atomic mass is 9.78. The minimum absolute atomic E-state index is 0.117. The van der Waals surface area contributed by atoms with Gasteiger partial charge in [-0.05, 0) is 23.0 Å². The van der Waals surface area contributed by atoms with Crippen LogP contribution in [0.5, 0.6) is 5.75 Å². The number of benzene rings is 1. The minimum atomic E-state index is -0.525. The van der Waals surface area contributed by atoms with Gasteiger partial charge in [-0.2, -0.15) is 0 Å². The highest BCUT2D eigenvalue weighted by Crippen LogP contribution is 2.40. The average Bonchev–Trinajstić information content (AvgIpc) is 2.57. The number of carbonyl (C=O) groups is 1. The van der Waals surface area contributed by atoms with Crippen LogP contribution in [0.4, 0.5) is 0 Å². The van der Waals surface area contributed by atoms with Crippen LogP contribution in [0.15, 0.2) is 17.3 Å². The molecule has 7 nitrogen and oxygen atoms in total. The first-order chi connectivity index (χ1) is 12.9. The number of oxime groups is 1. The summed E-state index contributed by atoms with van der Waals surface area (Å²) in [6.45, 7) is 14.9. The number of nitrogens with two attached hydrogens (primary N) is 1. The van der Waals surface area contributed by atoms with Crippen molar-refractivity contribution in [1.82, 2.24) is 0 Å². The van der Waals surface area contributed by atoms with Gasteiger partial charge in [-0.3, -0.25) is 0 Å². The number of hydrogen-bond donors (Lipinski definition) is 1. The number of amidine groups is 1. The van der Waals surface area contributed by atoms with Crippen molar-refractivity contribution in [2.45, 2.75) is 59.3 Å². The van der Waals surface area contributed by atoms with Crippen LogP contribution in [0.1, 0.15) is 65.2 Å². The maximum absolute atomic E-state index is 11.1. The predicted octanol–water partition coefficient (Wildman–Crippen LogP) is 3.46. The number of hydrogen-bond acceptors (Lipinski definition) is 6. The van der Waals surface area contributed by atoms with Crippen molar-refractivity contribution in [2.75, 3.05) is 27.1 Å². The van der Waals surface area contributed by atoms with E-state index in [1.54, 1.807) is 7.11 Å². The van der Waals surface area contributed by atoms with E-state index in [9.17, 15) is 4.79 Å². The highest BCUT2D eigenvalue weighted by molar-refractivity contribution is 5.98. The molecule has 0 unspecified atom stereocenters. The van der Waals surface area contributed by atoms with Gasteiger partial charge >= 0.3 is 5.97 Å². The van der Waals surface area contributed by atoms with E-state index in [0.29, 0.717) is 18.8 Å². The largest absolute Gasteiger partial charge is 0.467 e. The van der Waals surface area contributed by atoms with Gasteiger partial charge in [-0.25, -0.2) is 4.79 Å². The van der Waals surface area contributed by atoms with Crippen LogP contribution in [0.3, 0.4) is 0 Å². The fourth-order valence-corrected chi connectivity index (χ4v) is 2.51. The first kappa shape index (κ1) is 23.9. The maximum Gasteiger partial charge on any atom is 0.332 e. The van der Waals surface area contributed by atoms with E-state index in [2.05, 4.69) is 46.7 Å². The molecule has 1 rings (SSSR count). The van der Waals surface area contributed by atoms with E-state index in [0.717, 1.165) is 16.9 Å². The van der Waals surface area contributed by atoms with Gasteiger partial charge in [0.05, 0.1) is 13.2 Å². The van der Waals surface area contributed by atoms with E-state index >= 15 is 0 Å². The molecule has 0 spiro atoms. The summed E-state index contributed by atoms with van der Waals surface area (Å²) in [6.07, 6.45) is 0. The molecule has 2 N–H and O–H groups in total. The smallest absolute Gasteiger partial charge is 0.332 e. The number of methoxy groups -OCH3 is 1. The second-order valence-electron chi connectivity index (χ2n) is 8.62. The first-order valence-corrected chi connectivity index (χ1v) is 9.27. The van der Waals surface area contributed by atoms with Gasteiger partial charge in [0.1, 0.15) is 5.75 Å². The molecule has 0 radical (unpaired) electrons. The zero-order valence-corrected chi connectivity index (χ0v) is 18.3. The fraction of sp³-hybridized carbons (Fsp3) is 0.619. The second kappa shape index (κ2) is 9.89. The zero-order chi connectivity index (χ0) is 21.5. The summed E-state index contributed by atoms with van der Waals surface area (Å²) in [6, 6.07) is 3.84. The van der Waals surface area contributed by atoms with Crippen molar-refractivity contribution in [3.05, 3.63) is 28.8 Å². The molecule has 0 aliphatic carbocycles. The molecule has 0 saturated carbocycles. The summed E-state index contributed by atoms with van der Waals surface area (Å²) >= 11 is 0. The van der Waals surface area contributed by atoms with Crippen LogP contribution in [-0.4, -0.2) is 38.9 Å². The molecule has 0 aliphatic heterocycles. The van der Waals surface area contributed by atoms with Crippen molar-refractivity contribution in [2.24, 2.45) is 10.9 Å². The Labute approximate surface area is 168 Å². The molecule has 0 atom stereocenters. The standard InChI is InChI=1S/C21H34N2O5/c1-14(24)28-23-19(22)15-11-16(20(2,3)4)18(17(12-15)21(5,6)7)27-13-26-10-9-25-8/h11-12H,9-10,13H2,1-8H3,(H2,22,23). The third-order valence-electron chi connectivity index (χ3n) is 3.99. The van der Waals surface area contributed by atoms with E-state index < -0.39 is 5.97 Å². The molecule has 158 valence electrons. The van der Waals surface area contributed by atoms with Crippen molar-refractivity contribution in [3.8, 4) is 5.75 Å². The molecule has 0 amide bonds. The van der Waals surface area contributed by atoms with Crippen molar-refractivity contribution in [1.29, 1.82) is 0 Å². The Morgan fingerprint density at radius 2 is 1.57 bits per heavy atom. The molecule has 0 fully saturated rings. The van der Waals surface area contributed by atoms with Crippen LogP contribution in [0.2, 0.25) is 0 Å². The second-order valence-corrected chi connectivity index (χ2v) is 8.62. The van der Waals surface area contributed by atoms with Gasteiger partial charge < -0.3 is 24.8 Å². The minimum Gasteiger partial charge on any atom is -0.467 e. The number of carbonyl (C=O) groups excluding carboxylic acids is 1. The zero-order valence-electron chi connectivity index (χ0n) is 18.3. The molecule has 7 heteroatoms. The monoisotopic (exact) mass is 394 g/mol. The van der Waals surface area contributed by atoms with Gasteiger partial charge in [-0.15, -0.1) is 0 Å². The van der Waals surface area contributed by atoms with Gasteiger partial charge in [0.2, 0.25) is 0 Å². The van der Waals surface area contributed by atoms with Gasteiger partial charge in [0.25, 0.3) is 0 Å². The topological polar surface area (TPSA) is 92.4 Å². The first-order valence-electron chi connectivity index (χ1n) is 9.27. The Morgan fingerprint density at radius 3 is 2.00 bits per heavy atom. The Hall–Kier alpha value is -2.12. The number of ether oxygens (including phenoxy) is 3. The normalized spacial score (nSPS) is 12.8. The van der Waals surface area contributed by atoms with Crippen molar-refractivity contribution < 1.29 is 23.8 Å². The van der Waals surface area contributed by atoms with Crippen molar-refractivity contribution >= 4 is 11.8 Å². The fourth-order valence-electron chi connectivity index (χ4n) is 2.51. The quantitative estimate of drug-likeness (QED) is 0.181. The van der Waals surface area contributed by atoms with Gasteiger partial charge in [0.15, 0.2) is 12.6 Å². The molecule has 1 aromatic rings. The Bertz CT molecular complexity index is 665. The molecule has 28 heavy (non-hydrogen) atoms. The molecule has 0 bridgehead atoms. The lowest BCUT2D eigenvalue weighted by Gasteiger charge is -2.30. The molecule has 0 saturated heterocycles. The summed E-state index contributed by atoms with van der Waals surface area (Å²) in [5.41, 5.74) is 8.22. The highest BCUT2D eigenvalue weighted by Gasteiger charge is 2.28. The van der Waals surface area contributed by atoms with Crippen LogP contribution < -0.4 is 10.5 Å². The summed E-state index contributed by atoms with van der Waals surface area (Å²) in [5, 5.41) is 3.73. The molecule has 1 aromatic carbocycles. The van der Waals surface area contributed by atoms with E-state index in [1.165, 1.54) is 6.92 Å². The van der Waals surface area contributed by atoms with Crippen LogP contribution in [-0.2, 0) is 29.9 Å². The van der Waals surface area contributed by atoms with Crippen LogP contribution in [0, 0.1) is 0 Å². The van der Waals surface area contributed by atoms with E-state index in [1.807, 2.05) is 12.1 Å².